The molecule has 4 aromatic rings. The van der Waals surface area contributed by atoms with Crippen molar-refractivity contribution in [1.29, 1.82) is 0 Å². The van der Waals surface area contributed by atoms with Gasteiger partial charge in [0.1, 0.15) is 18.1 Å². The van der Waals surface area contributed by atoms with E-state index < -0.39 is 12.0 Å². The van der Waals surface area contributed by atoms with Crippen LogP contribution in [0.1, 0.15) is 50.4 Å². The van der Waals surface area contributed by atoms with E-state index in [0.717, 1.165) is 21.2 Å². The van der Waals surface area contributed by atoms with Crippen LogP contribution in [0.5, 0.6) is 11.5 Å². The van der Waals surface area contributed by atoms with E-state index in [1.54, 1.807) is 25.3 Å². The monoisotopic (exact) mass is 646 g/mol. The van der Waals surface area contributed by atoms with Gasteiger partial charge in [0.05, 0.1) is 39.0 Å². The molecule has 216 valence electrons. The fourth-order valence-corrected chi connectivity index (χ4v) is 6.26. The highest BCUT2D eigenvalue weighted by atomic mass is 79.9. The maximum atomic E-state index is 13.9. The summed E-state index contributed by atoms with van der Waals surface area (Å²) in [5.41, 5.74) is 3.29. The molecule has 0 saturated heterocycles. The molecule has 0 aliphatic carbocycles. The van der Waals surface area contributed by atoms with Crippen molar-refractivity contribution in [2.75, 3.05) is 6.61 Å². The number of carbonyl (C=O) groups is 1. The van der Waals surface area contributed by atoms with Crippen molar-refractivity contribution >= 4 is 39.3 Å². The summed E-state index contributed by atoms with van der Waals surface area (Å²) in [6, 6.07) is 22.4. The molecule has 0 radical (unpaired) electrons. The molecule has 9 heteroatoms. The zero-order valence-corrected chi connectivity index (χ0v) is 26.2. The van der Waals surface area contributed by atoms with E-state index in [4.69, 9.17) is 14.2 Å². The number of hydrogen-bond acceptors (Lipinski definition) is 7. The molecule has 0 bridgehead atoms. The van der Waals surface area contributed by atoms with Crippen molar-refractivity contribution in [3.8, 4) is 11.5 Å². The molecule has 0 N–H and O–H groups in total. The van der Waals surface area contributed by atoms with Crippen LogP contribution in [0.2, 0.25) is 0 Å². The summed E-state index contributed by atoms with van der Waals surface area (Å²) in [5.74, 6) is 0.925. The molecule has 2 heterocycles. The number of esters is 1. The van der Waals surface area contributed by atoms with Crippen LogP contribution in [-0.2, 0) is 16.1 Å². The van der Waals surface area contributed by atoms with E-state index in [-0.39, 0.29) is 11.7 Å². The van der Waals surface area contributed by atoms with Crippen molar-refractivity contribution in [2.24, 2.45) is 4.99 Å². The summed E-state index contributed by atoms with van der Waals surface area (Å²) >= 11 is 4.89. The average molecular weight is 648 g/mol. The van der Waals surface area contributed by atoms with Gasteiger partial charge in [-0.3, -0.25) is 9.36 Å². The average Bonchev–Trinajstić information content (AvgIpc) is 3.26. The number of aromatic nitrogens is 1. The van der Waals surface area contributed by atoms with Gasteiger partial charge in [-0.15, -0.1) is 0 Å². The van der Waals surface area contributed by atoms with Crippen molar-refractivity contribution < 1.29 is 19.0 Å². The minimum Gasteiger partial charge on any atom is -0.494 e. The Morgan fingerprint density at radius 3 is 2.48 bits per heavy atom. The molecule has 5 rings (SSSR count). The first-order valence-electron chi connectivity index (χ1n) is 13.7. The van der Waals surface area contributed by atoms with Crippen LogP contribution in [0.25, 0.3) is 6.08 Å². The van der Waals surface area contributed by atoms with Crippen molar-refractivity contribution in [2.45, 2.75) is 46.4 Å². The normalized spacial score (nSPS) is 14.9. The Hall–Kier alpha value is -3.95. The Bertz CT molecular complexity index is 1810. The third-order valence-electron chi connectivity index (χ3n) is 6.58. The van der Waals surface area contributed by atoms with E-state index >= 15 is 0 Å². The predicted octanol–water partition coefficient (Wildman–Crippen LogP) is 5.93. The molecule has 1 aromatic heterocycles. The Kier molecular flexibility index (Phi) is 9.09. The Labute approximate surface area is 256 Å². The maximum Gasteiger partial charge on any atom is 0.338 e. The highest BCUT2D eigenvalue weighted by molar-refractivity contribution is 9.10. The molecule has 0 saturated carbocycles. The summed E-state index contributed by atoms with van der Waals surface area (Å²) in [5, 5.41) is 0. The van der Waals surface area contributed by atoms with Crippen LogP contribution < -0.4 is 24.4 Å². The fourth-order valence-electron chi connectivity index (χ4n) is 4.70. The molecule has 0 spiro atoms. The Morgan fingerprint density at radius 1 is 1.07 bits per heavy atom. The molecule has 1 aliphatic rings. The van der Waals surface area contributed by atoms with Crippen LogP contribution in [0.3, 0.4) is 0 Å². The first-order valence-corrected chi connectivity index (χ1v) is 15.3. The number of rotatable bonds is 9. The van der Waals surface area contributed by atoms with Gasteiger partial charge >= 0.3 is 5.97 Å². The van der Waals surface area contributed by atoms with Gasteiger partial charge in [0, 0.05) is 0 Å². The number of thiazole rings is 1. The van der Waals surface area contributed by atoms with Gasteiger partial charge in [-0.05, 0) is 90.7 Å². The second-order valence-electron chi connectivity index (χ2n) is 10.0. The van der Waals surface area contributed by atoms with Gasteiger partial charge in [0.15, 0.2) is 4.80 Å². The second-order valence-corrected chi connectivity index (χ2v) is 11.9. The van der Waals surface area contributed by atoms with Crippen LogP contribution in [0, 0.1) is 0 Å². The summed E-state index contributed by atoms with van der Waals surface area (Å²) in [6.45, 7) is 8.28. The van der Waals surface area contributed by atoms with Crippen LogP contribution >= 0.6 is 27.3 Å². The maximum absolute atomic E-state index is 13.9. The molecule has 0 fully saturated rings. The SMILES string of the molecule is CCOc1ccc([C@@H]2C(C(=O)OC(C)C)=C(C)N=c3s/c(=C/c4ccc(OCc5ccccc5)c(Br)c4)c(=O)n32)cc1. The third-order valence-corrected chi connectivity index (χ3v) is 8.18. The number of carbonyl (C=O) groups excluding carboxylic acids is 1. The largest absolute Gasteiger partial charge is 0.494 e. The number of hydrogen-bond donors (Lipinski definition) is 0. The standard InChI is InChI=1S/C33H31BrN2O5S/c1-5-39-25-14-12-24(13-15-25)30-29(32(38)41-20(2)3)21(4)35-33-36(30)31(37)28(42-33)18-23-11-16-27(26(34)17-23)40-19-22-9-7-6-8-10-22/h6-18,20,30H,5,19H2,1-4H3/b28-18+/t30-/m1/s1. The Balaban J connectivity index is 1.53. The number of benzene rings is 3. The highest BCUT2D eigenvalue weighted by Crippen LogP contribution is 2.32. The van der Waals surface area contributed by atoms with Crippen LogP contribution in [-0.4, -0.2) is 23.2 Å². The lowest BCUT2D eigenvalue weighted by Crippen LogP contribution is -2.40. The lowest BCUT2D eigenvalue weighted by molar-refractivity contribution is -0.143. The van der Waals surface area contributed by atoms with Crippen molar-refractivity contribution in [1.82, 2.24) is 4.57 Å². The molecule has 0 unspecified atom stereocenters. The molecule has 42 heavy (non-hydrogen) atoms. The molecule has 1 aliphatic heterocycles. The van der Waals surface area contributed by atoms with Gasteiger partial charge in [0.25, 0.3) is 5.56 Å². The number of ether oxygens (including phenoxy) is 3. The lowest BCUT2D eigenvalue weighted by atomic mass is 9.96. The lowest BCUT2D eigenvalue weighted by Gasteiger charge is -2.25. The van der Waals surface area contributed by atoms with E-state index in [1.807, 2.05) is 85.8 Å². The van der Waals surface area contributed by atoms with E-state index in [1.165, 1.54) is 11.3 Å². The second kappa shape index (κ2) is 12.9. The third kappa shape index (κ3) is 6.42. The van der Waals surface area contributed by atoms with E-state index in [0.29, 0.717) is 45.3 Å². The quantitative estimate of drug-likeness (QED) is 0.211. The molecule has 7 nitrogen and oxygen atoms in total. The highest BCUT2D eigenvalue weighted by Gasteiger charge is 2.33. The van der Waals surface area contributed by atoms with Gasteiger partial charge in [-0.25, -0.2) is 9.79 Å². The van der Waals surface area contributed by atoms with Crippen LogP contribution in [0.4, 0.5) is 0 Å². The van der Waals surface area contributed by atoms with Gasteiger partial charge in [-0.2, -0.15) is 0 Å². The molecule has 0 amide bonds. The van der Waals surface area contributed by atoms with Crippen molar-refractivity contribution in [3.05, 3.63) is 125 Å². The minimum atomic E-state index is -0.689. The van der Waals surface area contributed by atoms with E-state index in [2.05, 4.69) is 20.9 Å². The summed E-state index contributed by atoms with van der Waals surface area (Å²) in [6.07, 6.45) is 1.51. The topological polar surface area (TPSA) is 79.1 Å². The smallest absolute Gasteiger partial charge is 0.338 e. The Morgan fingerprint density at radius 2 is 1.81 bits per heavy atom. The number of fused-ring (bicyclic) bond motifs is 1. The predicted molar refractivity (Wildman–Crippen MR) is 168 cm³/mol. The molecular formula is C33H31BrN2O5S. The van der Waals surface area contributed by atoms with Gasteiger partial charge < -0.3 is 14.2 Å². The van der Waals surface area contributed by atoms with Gasteiger partial charge in [-0.1, -0.05) is 59.9 Å². The minimum absolute atomic E-state index is 0.236. The number of allylic oxidation sites excluding steroid dienone is 1. The zero-order chi connectivity index (χ0) is 29.8. The van der Waals surface area contributed by atoms with Crippen molar-refractivity contribution in [3.63, 3.8) is 0 Å². The zero-order valence-electron chi connectivity index (χ0n) is 23.8. The summed E-state index contributed by atoms with van der Waals surface area (Å²) in [4.78, 5) is 32.4. The van der Waals surface area contributed by atoms with Crippen LogP contribution in [0.15, 0.2) is 98.3 Å². The first-order chi connectivity index (χ1) is 20.2. The first kappa shape index (κ1) is 29.5. The number of halogens is 1. The molecule has 1 atom stereocenters. The number of nitrogens with zero attached hydrogens (tertiary/aromatic N) is 2. The fraction of sp³-hybridized carbons (Fsp3) is 0.242. The van der Waals surface area contributed by atoms with Gasteiger partial charge in [0.2, 0.25) is 0 Å². The van der Waals surface area contributed by atoms with E-state index in [9.17, 15) is 9.59 Å². The summed E-state index contributed by atoms with van der Waals surface area (Å²) < 4.78 is 20.0. The molecular weight excluding hydrogens is 616 g/mol. The molecule has 3 aromatic carbocycles. The summed E-state index contributed by atoms with van der Waals surface area (Å²) in [7, 11) is 0.